The zero-order valence-corrected chi connectivity index (χ0v) is 12.3. The number of amides is 1. The third kappa shape index (κ3) is 3.95. The van der Waals surface area contributed by atoms with Gasteiger partial charge in [-0.15, -0.1) is 0 Å². The maximum absolute atomic E-state index is 12.0. The standard InChI is InChI=1S/C15H20ClNO3/c1-10(8-11-6-7-20-9-11)17-15(19)14(18)12-4-2-3-5-13(12)16/h2-5,10-11,14,18H,6-9H2,1H3,(H,17,19)/t10-,11+,14+/m0/s1. The van der Waals surface area contributed by atoms with E-state index >= 15 is 0 Å². The zero-order chi connectivity index (χ0) is 14.5. The van der Waals surface area contributed by atoms with Crippen LogP contribution in [0.1, 0.15) is 31.4 Å². The van der Waals surface area contributed by atoms with Crippen LogP contribution in [0.2, 0.25) is 5.02 Å². The molecule has 1 saturated heterocycles. The first kappa shape index (κ1) is 15.3. The molecule has 20 heavy (non-hydrogen) atoms. The van der Waals surface area contributed by atoms with Crippen molar-refractivity contribution in [3.05, 3.63) is 34.9 Å². The van der Waals surface area contributed by atoms with Crippen LogP contribution >= 0.6 is 11.6 Å². The van der Waals surface area contributed by atoms with Gasteiger partial charge in [0.1, 0.15) is 0 Å². The Morgan fingerprint density at radius 2 is 2.30 bits per heavy atom. The first-order valence-corrected chi connectivity index (χ1v) is 7.26. The predicted molar refractivity (Wildman–Crippen MR) is 77.6 cm³/mol. The minimum absolute atomic E-state index is 0.00587. The highest BCUT2D eigenvalue weighted by Crippen LogP contribution is 2.23. The molecule has 0 unspecified atom stereocenters. The number of ether oxygens (including phenoxy) is 1. The third-order valence-electron chi connectivity index (χ3n) is 3.55. The van der Waals surface area contributed by atoms with E-state index in [1.807, 2.05) is 6.92 Å². The SMILES string of the molecule is C[C@@H](C[C@H]1CCOC1)NC(=O)[C@H](O)c1ccccc1Cl. The normalized spacial score (nSPS) is 21.4. The monoisotopic (exact) mass is 297 g/mol. The van der Waals surface area contributed by atoms with Gasteiger partial charge in [-0.05, 0) is 31.7 Å². The molecule has 1 fully saturated rings. The molecule has 2 rings (SSSR count). The van der Waals surface area contributed by atoms with Gasteiger partial charge in [0.2, 0.25) is 0 Å². The van der Waals surface area contributed by atoms with Crippen LogP contribution in [0.25, 0.3) is 0 Å². The lowest BCUT2D eigenvalue weighted by Gasteiger charge is -2.19. The van der Waals surface area contributed by atoms with Gasteiger partial charge < -0.3 is 15.2 Å². The summed E-state index contributed by atoms with van der Waals surface area (Å²) in [5.41, 5.74) is 0.433. The van der Waals surface area contributed by atoms with Crippen molar-refractivity contribution >= 4 is 17.5 Å². The molecule has 1 aliphatic rings. The number of aliphatic hydroxyl groups is 1. The van der Waals surface area contributed by atoms with Crippen LogP contribution in [0, 0.1) is 5.92 Å². The molecule has 1 aromatic rings. The zero-order valence-electron chi connectivity index (χ0n) is 11.5. The Balaban J connectivity index is 1.88. The molecule has 0 radical (unpaired) electrons. The average molecular weight is 298 g/mol. The van der Waals surface area contributed by atoms with Gasteiger partial charge in [-0.1, -0.05) is 29.8 Å². The number of carbonyl (C=O) groups is 1. The topological polar surface area (TPSA) is 58.6 Å². The second kappa shape index (κ2) is 7.07. The first-order valence-electron chi connectivity index (χ1n) is 6.88. The number of rotatable bonds is 5. The number of nitrogens with one attached hydrogen (secondary N) is 1. The van der Waals surface area contributed by atoms with Gasteiger partial charge >= 0.3 is 0 Å². The fourth-order valence-corrected chi connectivity index (χ4v) is 2.73. The number of benzene rings is 1. The van der Waals surface area contributed by atoms with Crippen LogP contribution in [-0.4, -0.2) is 30.3 Å². The van der Waals surface area contributed by atoms with E-state index < -0.39 is 12.0 Å². The molecule has 5 heteroatoms. The highest BCUT2D eigenvalue weighted by molar-refractivity contribution is 6.31. The predicted octanol–water partition coefficient (Wildman–Crippen LogP) is 2.30. The second-order valence-electron chi connectivity index (χ2n) is 5.30. The lowest BCUT2D eigenvalue weighted by Crippen LogP contribution is -2.37. The van der Waals surface area contributed by atoms with Crippen molar-refractivity contribution in [3.63, 3.8) is 0 Å². The molecule has 1 amide bonds. The molecule has 0 aromatic heterocycles. The molecular weight excluding hydrogens is 278 g/mol. The molecule has 1 aliphatic heterocycles. The summed E-state index contributed by atoms with van der Waals surface area (Å²) in [5.74, 6) is 0.0762. The van der Waals surface area contributed by atoms with Gasteiger partial charge in [0.05, 0.1) is 0 Å². The van der Waals surface area contributed by atoms with Crippen molar-refractivity contribution in [2.45, 2.75) is 31.9 Å². The Hall–Kier alpha value is -1.10. The van der Waals surface area contributed by atoms with E-state index in [1.54, 1.807) is 24.3 Å². The van der Waals surface area contributed by atoms with Crippen molar-refractivity contribution in [2.24, 2.45) is 5.92 Å². The summed E-state index contributed by atoms with van der Waals surface area (Å²) in [7, 11) is 0. The second-order valence-corrected chi connectivity index (χ2v) is 5.71. The lowest BCUT2D eigenvalue weighted by molar-refractivity contribution is -0.130. The maximum Gasteiger partial charge on any atom is 0.253 e. The van der Waals surface area contributed by atoms with Gasteiger partial charge in [-0.2, -0.15) is 0 Å². The highest BCUT2D eigenvalue weighted by atomic mass is 35.5. The lowest BCUT2D eigenvalue weighted by atomic mass is 10.00. The summed E-state index contributed by atoms with van der Waals surface area (Å²) in [6, 6.07) is 6.83. The van der Waals surface area contributed by atoms with Crippen molar-refractivity contribution < 1.29 is 14.6 Å². The summed E-state index contributed by atoms with van der Waals surface area (Å²) in [5, 5.41) is 13.3. The Bertz CT molecular complexity index is 460. The van der Waals surface area contributed by atoms with Crippen LogP contribution in [0.4, 0.5) is 0 Å². The van der Waals surface area contributed by atoms with E-state index in [4.69, 9.17) is 16.3 Å². The average Bonchev–Trinajstić information content (AvgIpc) is 2.91. The van der Waals surface area contributed by atoms with E-state index in [9.17, 15) is 9.90 Å². The number of hydrogen-bond acceptors (Lipinski definition) is 3. The molecule has 1 aromatic carbocycles. The maximum atomic E-state index is 12.0. The smallest absolute Gasteiger partial charge is 0.253 e. The van der Waals surface area contributed by atoms with Crippen LogP contribution in [0.5, 0.6) is 0 Å². The van der Waals surface area contributed by atoms with Gasteiger partial charge in [-0.3, -0.25) is 4.79 Å². The number of aliphatic hydroxyl groups excluding tert-OH is 1. The first-order chi connectivity index (χ1) is 9.58. The van der Waals surface area contributed by atoms with Crippen molar-refractivity contribution in [1.82, 2.24) is 5.32 Å². The molecule has 0 spiro atoms. The summed E-state index contributed by atoms with van der Waals surface area (Å²) in [6.07, 6.45) is 0.667. The van der Waals surface area contributed by atoms with E-state index in [1.165, 1.54) is 0 Å². The van der Waals surface area contributed by atoms with Crippen LogP contribution in [0.3, 0.4) is 0 Å². The Labute approximate surface area is 124 Å². The molecule has 3 atom stereocenters. The molecule has 0 bridgehead atoms. The van der Waals surface area contributed by atoms with Crippen molar-refractivity contribution in [1.29, 1.82) is 0 Å². The Morgan fingerprint density at radius 3 is 2.95 bits per heavy atom. The van der Waals surface area contributed by atoms with Gasteiger partial charge in [0, 0.05) is 29.8 Å². The van der Waals surface area contributed by atoms with E-state index in [0.717, 1.165) is 26.1 Å². The quantitative estimate of drug-likeness (QED) is 0.877. The molecule has 1 heterocycles. The fraction of sp³-hybridized carbons (Fsp3) is 0.533. The summed E-state index contributed by atoms with van der Waals surface area (Å²) >= 11 is 5.98. The minimum Gasteiger partial charge on any atom is -0.381 e. The highest BCUT2D eigenvalue weighted by Gasteiger charge is 2.23. The molecule has 0 saturated carbocycles. The fourth-order valence-electron chi connectivity index (χ4n) is 2.49. The summed E-state index contributed by atoms with van der Waals surface area (Å²) in [4.78, 5) is 12.0. The number of halogens is 1. The minimum atomic E-state index is -1.23. The van der Waals surface area contributed by atoms with Crippen molar-refractivity contribution in [2.75, 3.05) is 13.2 Å². The van der Waals surface area contributed by atoms with Crippen molar-refractivity contribution in [3.8, 4) is 0 Å². The third-order valence-corrected chi connectivity index (χ3v) is 3.89. The number of hydrogen-bond donors (Lipinski definition) is 2. The Morgan fingerprint density at radius 1 is 1.55 bits per heavy atom. The van der Waals surface area contributed by atoms with Crippen LogP contribution in [0.15, 0.2) is 24.3 Å². The van der Waals surface area contributed by atoms with E-state index in [0.29, 0.717) is 16.5 Å². The van der Waals surface area contributed by atoms with E-state index in [2.05, 4.69) is 5.32 Å². The largest absolute Gasteiger partial charge is 0.381 e. The molecule has 110 valence electrons. The number of carbonyl (C=O) groups excluding carboxylic acids is 1. The van der Waals surface area contributed by atoms with Crippen LogP contribution < -0.4 is 5.32 Å². The van der Waals surface area contributed by atoms with Crippen LogP contribution in [-0.2, 0) is 9.53 Å². The molecule has 0 aliphatic carbocycles. The molecule has 2 N–H and O–H groups in total. The van der Waals surface area contributed by atoms with Gasteiger partial charge in [-0.25, -0.2) is 0 Å². The summed E-state index contributed by atoms with van der Waals surface area (Å²) < 4.78 is 5.32. The summed E-state index contributed by atoms with van der Waals surface area (Å²) in [6.45, 7) is 3.50. The molecular formula is C15H20ClNO3. The van der Waals surface area contributed by atoms with Gasteiger partial charge in [0.15, 0.2) is 6.10 Å². The van der Waals surface area contributed by atoms with Gasteiger partial charge in [0.25, 0.3) is 5.91 Å². The Kier molecular flexibility index (Phi) is 5.40. The molecule has 4 nitrogen and oxygen atoms in total. The van der Waals surface area contributed by atoms with E-state index in [-0.39, 0.29) is 6.04 Å².